The average Bonchev–Trinajstić information content (AvgIpc) is 4.00. The normalized spacial score (nSPS) is 14.3. The summed E-state index contributed by atoms with van der Waals surface area (Å²) >= 11 is 0. The number of furan rings is 1. The Bertz CT molecular complexity index is 4070. The molecule has 324 valence electrons. The van der Waals surface area contributed by atoms with E-state index in [0.29, 0.717) is 0 Å². The van der Waals surface area contributed by atoms with E-state index < -0.39 is 5.41 Å². The molecule has 2 heterocycles. The van der Waals surface area contributed by atoms with E-state index in [4.69, 9.17) is 9.15 Å². The van der Waals surface area contributed by atoms with Crippen LogP contribution in [0.3, 0.4) is 0 Å². The Morgan fingerprint density at radius 3 is 1.70 bits per heavy atom. The second-order valence-electron chi connectivity index (χ2n) is 19.5. The zero-order valence-electron chi connectivity index (χ0n) is 38.1. The lowest BCUT2D eigenvalue weighted by Crippen LogP contribution is -2.32. The number of hydrogen-bond donors (Lipinski definition) is 0. The van der Waals surface area contributed by atoms with Crippen molar-refractivity contribution in [3.63, 3.8) is 0 Å². The third-order valence-electron chi connectivity index (χ3n) is 15.7. The highest BCUT2D eigenvalue weighted by Gasteiger charge is 2.53. The van der Waals surface area contributed by atoms with Crippen molar-refractivity contribution < 1.29 is 9.15 Å². The van der Waals surface area contributed by atoms with Crippen LogP contribution in [0, 0.1) is 0 Å². The molecule has 0 saturated carbocycles. The minimum atomic E-state index is -0.675. The van der Waals surface area contributed by atoms with Gasteiger partial charge in [-0.05, 0) is 109 Å². The highest BCUT2D eigenvalue weighted by atomic mass is 16.5. The van der Waals surface area contributed by atoms with E-state index in [1.165, 1.54) is 44.5 Å². The van der Waals surface area contributed by atoms with E-state index >= 15 is 0 Å². The molecule has 11 aromatic carbocycles. The SMILES string of the molecule is CC1(C)c2ccccc2-c2ccc(N(c3ccc(-c4ccc5c(c4)oc4ccccc45)cc3)c3cccc4c3-c3ccccc3C43c4ccc5ccccc5c4Oc4c3ccc3ccccc43)cc21. The summed E-state index contributed by atoms with van der Waals surface area (Å²) in [4.78, 5) is 2.50. The summed E-state index contributed by atoms with van der Waals surface area (Å²) in [6, 6.07) is 82.6. The van der Waals surface area contributed by atoms with Gasteiger partial charge in [-0.3, -0.25) is 0 Å². The van der Waals surface area contributed by atoms with Crippen LogP contribution in [-0.4, -0.2) is 0 Å². The first-order valence-electron chi connectivity index (χ1n) is 24.0. The van der Waals surface area contributed by atoms with E-state index in [-0.39, 0.29) is 5.41 Å². The molecular formula is C66H43NO2. The molecule has 0 bridgehead atoms. The molecule has 15 rings (SSSR count). The summed E-state index contributed by atoms with van der Waals surface area (Å²) in [5.74, 6) is 1.83. The third-order valence-corrected chi connectivity index (χ3v) is 15.7. The molecule has 69 heavy (non-hydrogen) atoms. The van der Waals surface area contributed by atoms with E-state index in [9.17, 15) is 0 Å². The van der Waals surface area contributed by atoms with E-state index in [2.05, 4.69) is 231 Å². The maximum Gasteiger partial charge on any atom is 0.140 e. The number of fused-ring (bicyclic) bond motifs is 19. The second kappa shape index (κ2) is 13.9. The molecule has 3 nitrogen and oxygen atoms in total. The van der Waals surface area contributed by atoms with Crippen LogP contribution in [0.4, 0.5) is 17.1 Å². The Hall–Kier alpha value is -8.66. The monoisotopic (exact) mass is 881 g/mol. The number of ether oxygens (including phenoxy) is 1. The smallest absolute Gasteiger partial charge is 0.140 e. The molecule has 1 aliphatic heterocycles. The van der Waals surface area contributed by atoms with Crippen LogP contribution in [-0.2, 0) is 10.8 Å². The fourth-order valence-corrected chi connectivity index (χ4v) is 12.6. The van der Waals surface area contributed by atoms with Gasteiger partial charge in [0.25, 0.3) is 0 Å². The molecule has 12 aromatic rings. The number of anilines is 3. The summed E-state index contributed by atoms with van der Waals surface area (Å²) in [6.45, 7) is 4.74. The van der Waals surface area contributed by atoms with E-state index in [1.54, 1.807) is 0 Å². The predicted octanol–water partition coefficient (Wildman–Crippen LogP) is 17.8. The summed E-state index contributed by atoms with van der Waals surface area (Å²) < 4.78 is 13.7. The Balaban J connectivity index is 0.984. The summed E-state index contributed by atoms with van der Waals surface area (Å²) in [5.41, 5.74) is 19.1. The highest BCUT2D eigenvalue weighted by Crippen LogP contribution is 2.66. The van der Waals surface area contributed by atoms with Crippen molar-refractivity contribution in [2.45, 2.75) is 24.7 Å². The standard InChI is InChI=1S/C66H43NO2/c1-65(2)53-21-10-7-18-48(53)49-35-33-45(39-58(49)65)67(44-31-26-40(27-32-44)43-28-34-51-50-19-9-12-25-60(50)68-61(51)38-43)59-24-13-23-55-62(59)52-20-8-11-22-54(52)66(55)56-36-29-41-14-3-5-16-46(41)63(56)69-64-47-17-6-4-15-42(47)30-37-57(64)66/h3-39H,1-2H3. The van der Waals surface area contributed by atoms with Crippen molar-refractivity contribution in [2.24, 2.45) is 0 Å². The number of hydrogen-bond acceptors (Lipinski definition) is 3. The second-order valence-corrected chi connectivity index (χ2v) is 19.5. The van der Waals surface area contributed by atoms with Gasteiger partial charge in [-0.1, -0.05) is 190 Å². The van der Waals surface area contributed by atoms with Crippen LogP contribution in [0.5, 0.6) is 11.5 Å². The van der Waals surface area contributed by atoms with Crippen LogP contribution < -0.4 is 9.64 Å². The first kappa shape index (κ1) is 38.4. The number of nitrogens with zero attached hydrogens (tertiary/aromatic N) is 1. The minimum absolute atomic E-state index is 0.177. The van der Waals surface area contributed by atoms with Crippen LogP contribution >= 0.6 is 0 Å². The van der Waals surface area contributed by atoms with Crippen molar-refractivity contribution >= 4 is 60.5 Å². The lowest BCUT2D eigenvalue weighted by Gasteiger charge is -2.40. The van der Waals surface area contributed by atoms with Gasteiger partial charge in [0.05, 0.1) is 11.1 Å². The Morgan fingerprint density at radius 2 is 0.942 bits per heavy atom. The van der Waals surface area contributed by atoms with Gasteiger partial charge >= 0.3 is 0 Å². The van der Waals surface area contributed by atoms with E-state index in [0.717, 1.165) is 94.3 Å². The van der Waals surface area contributed by atoms with Gasteiger partial charge in [-0.15, -0.1) is 0 Å². The molecule has 0 fully saturated rings. The lowest BCUT2D eigenvalue weighted by molar-refractivity contribution is 0.447. The van der Waals surface area contributed by atoms with Crippen molar-refractivity contribution in [3.8, 4) is 44.9 Å². The minimum Gasteiger partial charge on any atom is -0.456 e. The third kappa shape index (κ3) is 5.17. The fourth-order valence-electron chi connectivity index (χ4n) is 12.6. The summed E-state index contributed by atoms with van der Waals surface area (Å²) in [6.07, 6.45) is 0. The zero-order chi connectivity index (χ0) is 45.6. The fraction of sp³-hybridized carbons (Fsp3) is 0.0606. The van der Waals surface area contributed by atoms with Crippen LogP contribution in [0.1, 0.15) is 47.2 Å². The van der Waals surface area contributed by atoms with Crippen molar-refractivity contribution in [2.75, 3.05) is 4.90 Å². The lowest BCUT2D eigenvalue weighted by atomic mass is 9.65. The molecule has 0 N–H and O–H groups in total. The molecule has 1 spiro atoms. The number of rotatable bonds is 4. The van der Waals surface area contributed by atoms with Gasteiger partial charge in [-0.2, -0.15) is 0 Å². The van der Waals surface area contributed by atoms with E-state index in [1.807, 2.05) is 12.1 Å². The topological polar surface area (TPSA) is 25.6 Å². The van der Waals surface area contributed by atoms with Crippen molar-refractivity contribution in [1.29, 1.82) is 0 Å². The first-order valence-corrected chi connectivity index (χ1v) is 24.0. The van der Waals surface area contributed by atoms with Gasteiger partial charge in [0.2, 0.25) is 0 Å². The van der Waals surface area contributed by atoms with Crippen molar-refractivity contribution in [1.82, 2.24) is 0 Å². The molecule has 0 saturated heterocycles. The maximum atomic E-state index is 7.30. The Morgan fingerprint density at radius 1 is 0.362 bits per heavy atom. The summed E-state index contributed by atoms with van der Waals surface area (Å²) in [7, 11) is 0. The Kier molecular flexibility index (Phi) is 7.77. The maximum absolute atomic E-state index is 7.30. The van der Waals surface area contributed by atoms with Gasteiger partial charge in [0, 0.05) is 55.0 Å². The predicted molar refractivity (Wildman–Crippen MR) is 284 cm³/mol. The molecule has 3 heteroatoms. The summed E-state index contributed by atoms with van der Waals surface area (Å²) in [5, 5.41) is 6.80. The first-order chi connectivity index (χ1) is 34.0. The average molecular weight is 882 g/mol. The Labute approximate surface area is 400 Å². The van der Waals surface area contributed by atoms with Crippen LogP contribution in [0.15, 0.2) is 229 Å². The zero-order valence-corrected chi connectivity index (χ0v) is 38.1. The van der Waals surface area contributed by atoms with Gasteiger partial charge in [0.15, 0.2) is 0 Å². The molecule has 0 radical (unpaired) electrons. The number of para-hydroxylation sites is 1. The highest BCUT2D eigenvalue weighted by molar-refractivity contribution is 6.06. The molecule has 0 atom stereocenters. The van der Waals surface area contributed by atoms with Gasteiger partial charge in [0.1, 0.15) is 22.7 Å². The molecule has 2 aliphatic carbocycles. The van der Waals surface area contributed by atoms with Crippen molar-refractivity contribution in [3.05, 3.63) is 258 Å². The van der Waals surface area contributed by atoms with Crippen LogP contribution in [0.25, 0.3) is 76.9 Å². The largest absolute Gasteiger partial charge is 0.456 e. The van der Waals surface area contributed by atoms with Crippen LogP contribution in [0.2, 0.25) is 0 Å². The molecule has 0 amide bonds. The molecule has 3 aliphatic rings. The number of benzene rings is 11. The van der Waals surface area contributed by atoms with Gasteiger partial charge < -0.3 is 14.1 Å². The molecule has 0 unspecified atom stereocenters. The molecule has 1 aromatic heterocycles. The van der Waals surface area contributed by atoms with Gasteiger partial charge in [-0.25, -0.2) is 0 Å². The molecular weight excluding hydrogens is 839 g/mol. The quantitative estimate of drug-likeness (QED) is 0.176.